The fraction of sp³-hybridized carbons (Fsp3) is 0.240. The zero-order valence-corrected chi connectivity index (χ0v) is 20.2. The number of anilines is 1. The summed E-state index contributed by atoms with van der Waals surface area (Å²) in [6.45, 7) is 1.68. The first-order chi connectivity index (χ1) is 16.3. The summed E-state index contributed by atoms with van der Waals surface area (Å²) in [7, 11) is -3.19. The van der Waals surface area contributed by atoms with Crippen molar-refractivity contribution < 1.29 is 13.2 Å². The molecule has 0 radical (unpaired) electrons. The van der Waals surface area contributed by atoms with Crippen LogP contribution in [0.2, 0.25) is 0 Å². The zero-order chi connectivity index (χ0) is 23.9. The lowest BCUT2D eigenvalue weighted by atomic mass is 10.1. The van der Waals surface area contributed by atoms with Crippen LogP contribution in [0, 0.1) is 6.92 Å². The molecule has 0 bridgehead atoms. The zero-order valence-electron chi connectivity index (χ0n) is 18.5. The van der Waals surface area contributed by atoms with E-state index < -0.39 is 15.9 Å². The highest BCUT2D eigenvalue weighted by Gasteiger charge is 2.35. The molecule has 0 saturated carbocycles. The van der Waals surface area contributed by atoms with E-state index in [1.165, 1.54) is 27.1 Å². The fourth-order valence-electron chi connectivity index (χ4n) is 4.48. The van der Waals surface area contributed by atoms with Gasteiger partial charge in [-0.25, -0.2) is 13.4 Å². The minimum absolute atomic E-state index is 0.0537. The molecule has 1 atom stereocenters. The maximum absolute atomic E-state index is 13.5. The number of para-hydroxylation sites is 1. The third-order valence-corrected chi connectivity index (χ3v) is 9.13. The predicted molar refractivity (Wildman–Crippen MR) is 135 cm³/mol. The molecule has 0 spiro atoms. The molecular weight excluding hydrogens is 470 g/mol. The van der Waals surface area contributed by atoms with Crippen molar-refractivity contribution in [2.24, 2.45) is 0 Å². The molecule has 1 saturated heterocycles. The van der Waals surface area contributed by atoms with Gasteiger partial charge in [0.1, 0.15) is 11.4 Å². The molecule has 2 aromatic carbocycles. The van der Waals surface area contributed by atoms with Gasteiger partial charge >= 0.3 is 0 Å². The molecule has 0 aliphatic carbocycles. The average Bonchev–Trinajstić information content (AvgIpc) is 3.36. The Bertz CT molecular complexity index is 1530. The molecule has 3 heterocycles. The van der Waals surface area contributed by atoms with Gasteiger partial charge in [0.15, 0.2) is 9.84 Å². The van der Waals surface area contributed by atoms with Gasteiger partial charge in [-0.05, 0) is 36.6 Å². The van der Waals surface area contributed by atoms with E-state index in [2.05, 4.69) is 4.98 Å². The Labute approximate surface area is 201 Å². The van der Waals surface area contributed by atoms with Crippen LogP contribution in [0.1, 0.15) is 12.0 Å². The number of rotatable bonds is 5. The molecule has 5 rings (SSSR count). The third-order valence-electron chi connectivity index (χ3n) is 6.14. The Morgan fingerprint density at radius 1 is 1.12 bits per heavy atom. The largest absolute Gasteiger partial charge is 0.307 e. The van der Waals surface area contributed by atoms with Crippen molar-refractivity contribution in [3.8, 4) is 10.4 Å². The molecule has 0 N–H and O–H groups in total. The van der Waals surface area contributed by atoms with E-state index in [0.717, 1.165) is 16.0 Å². The maximum atomic E-state index is 13.5. The number of sulfone groups is 1. The molecule has 1 aliphatic rings. The van der Waals surface area contributed by atoms with Crippen molar-refractivity contribution in [1.82, 2.24) is 9.55 Å². The number of thiophene rings is 1. The summed E-state index contributed by atoms with van der Waals surface area (Å²) in [5.41, 5.74) is 2.20. The van der Waals surface area contributed by atoms with Crippen LogP contribution in [-0.2, 0) is 21.2 Å². The Morgan fingerprint density at radius 2 is 1.79 bits per heavy atom. The number of amides is 1. The van der Waals surface area contributed by atoms with E-state index >= 15 is 0 Å². The third kappa shape index (κ3) is 4.17. The van der Waals surface area contributed by atoms with Crippen molar-refractivity contribution in [3.05, 3.63) is 82.9 Å². The van der Waals surface area contributed by atoms with Crippen LogP contribution < -0.4 is 10.5 Å². The second-order valence-corrected chi connectivity index (χ2v) is 11.7. The smallest absolute Gasteiger partial charge is 0.262 e. The first-order valence-corrected chi connectivity index (χ1v) is 13.6. The Kier molecular flexibility index (Phi) is 5.83. The Balaban J connectivity index is 1.51. The van der Waals surface area contributed by atoms with Gasteiger partial charge in [0.2, 0.25) is 5.91 Å². The van der Waals surface area contributed by atoms with Crippen molar-refractivity contribution in [1.29, 1.82) is 0 Å². The number of aromatic nitrogens is 2. The normalized spacial score (nSPS) is 17.1. The van der Waals surface area contributed by atoms with E-state index in [9.17, 15) is 18.0 Å². The van der Waals surface area contributed by atoms with Crippen molar-refractivity contribution >= 4 is 43.0 Å². The highest BCUT2D eigenvalue weighted by atomic mass is 32.2. The standard InChI is InChI=1S/C25H23N3O4S2/c1-17-22-24(33-23(17)18-8-4-2-5-9-18)26-16-27(25(22)30)14-21(29)28(19-10-6-3-7-11-19)20-12-13-34(31,32)15-20/h2-11,16,20H,12-15H2,1H3/t20-/m0/s1. The van der Waals surface area contributed by atoms with Crippen LogP contribution in [0.3, 0.4) is 0 Å². The highest BCUT2D eigenvalue weighted by Crippen LogP contribution is 2.35. The van der Waals surface area contributed by atoms with Gasteiger partial charge < -0.3 is 4.90 Å². The number of aryl methyl sites for hydroxylation is 1. The Morgan fingerprint density at radius 3 is 2.44 bits per heavy atom. The number of hydrogen-bond acceptors (Lipinski definition) is 6. The monoisotopic (exact) mass is 493 g/mol. The first kappa shape index (κ1) is 22.5. The molecule has 174 valence electrons. The number of carbonyl (C=O) groups is 1. The van der Waals surface area contributed by atoms with Gasteiger partial charge in [-0.3, -0.25) is 14.2 Å². The van der Waals surface area contributed by atoms with Crippen molar-refractivity contribution in [2.45, 2.75) is 25.9 Å². The van der Waals surface area contributed by atoms with Crippen LogP contribution in [-0.4, -0.2) is 41.4 Å². The number of hydrogen-bond donors (Lipinski definition) is 0. The summed E-state index contributed by atoms with van der Waals surface area (Å²) in [5, 5.41) is 0.508. The van der Waals surface area contributed by atoms with Gasteiger partial charge in [-0.2, -0.15) is 0 Å². The van der Waals surface area contributed by atoms with E-state index in [1.54, 1.807) is 24.3 Å². The van der Waals surface area contributed by atoms with Crippen molar-refractivity contribution in [2.75, 3.05) is 16.4 Å². The fourth-order valence-corrected chi connectivity index (χ4v) is 7.33. The SMILES string of the molecule is Cc1c(-c2ccccc2)sc2ncn(CC(=O)N(c3ccccc3)[C@H]3CCS(=O)(=O)C3)c(=O)c12. The number of fused-ring (bicyclic) bond motifs is 1. The van der Waals surface area contributed by atoms with Gasteiger partial charge in [-0.15, -0.1) is 11.3 Å². The van der Waals surface area contributed by atoms with Crippen LogP contribution in [0.25, 0.3) is 20.7 Å². The average molecular weight is 494 g/mol. The van der Waals surface area contributed by atoms with Gasteiger partial charge in [0.25, 0.3) is 5.56 Å². The second kappa shape index (κ2) is 8.81. The van der Waals surface area contributed by atoms with E-state index in [-0.39, 0.29) is 29.5 Å². The predicted octanol–water partition coefficient (Wildman–Crippen LogP) is 3.65. The summed E-state index contributed by atoms with van der Waals surface area (Å²) >= 11 is 1.46. The van der Waals surface area contributed by atoms with E-state index in [0.29, 0.717) is 22.3 Å². The van der Waals surface area contributed by atoms with Crippen LogP contribution in [0.5, 0.6) is 0 Å². The lowest BCUT2D eigenvalue weighted by molar-refractivity contribution is -0.119. The molecule has 1 aliphatic heterocycles. The Hall–Kier alpha value is -3.30. The summed E-state index contributed by atoms with van der Waals surface area (Å²) in [6.07, 6.45) is 1.78. The lowest BCUT2D eigenvalue weighted by Gasteiger charge is -2.28. The van der Waals surface area contributed by atoms with Crippen LogP contribution in [0.4, 0.5) is 5.69 Å². The molecule has 0 unspecified atom stereocenters. The number of carbonyl (C=O) groups excluding carboxylic acids is 1. The first-order valence-electron chi connectivity index (χ1n) is 11.0. The molecule has 9 heteroatoms. The molecular formula is C25H23N3O4S2. The molecule has 34 heavy (non-hydrogen) atoms. The summed E-state index contributed by atoms with van der Waals surface area (Å²) < 4.78 is 25.5. The molecule has 1 fully saturated rings. The van der Waals surface area contributed by atoms with E-state index in [1.807, 2.05) is 43.3 Å². The minimum Gasteiger partial charge on any atom is -0.307 e. The summed E-state index contributed by atoms with van der Waals surface area (Å²) in [5.74, 6) is -0.366. The summed E-state index contributed by atoms with van der Waals surface area (Å²) in [6, 6.07) is 18.4. The quantitative estimate of drug-likeness (QED) is 0.423. The summed E-state index contributed by atoms with van der Waals surface area (Å²) in [4.78, 5) is 34.4. The highest BCUT2D eigenvalue weighted by molar-refractivity contribution is 7.91. The number of benzene rings is 2. The van der Waals surface area contributed by atoms with Crippen LogP contribution >= 0.6 is 11.3 Å². The lowest BCUT2D eigenvalue weighted by Crippen LogP contribution is -2.44. The second-order valence-electron chi connectivity index (χ2n) is 8.44. The minimum atomic E-state index is -3.19. The van der Waals surface area contributed by atoms with Crippen molar-refractivity contribution in [3.63, 3.8) is 0 Å². The van der Waals surface area contributed by atoms with Crippen LogP contribution in [0.15, 0.2) is 71.8 Å². The molecule has 1 amide bonds. The number of nitrogens with zero attached hydrogens (tertiary/aromatic N) is 3. The topological polar surface area (TPSA) is 89.3 Å². The molecule has 4 aromatic rings. The molecule has 7 nitrogen and oxygen atoms in total. The van der Waals surface area contributed by atoms with E-state index in [4.69, 9.17) is 0 Å². The van der Waals surface area contributed by atoms with Gasteiger partial charge in [0.05, 0.1) is 29.3 Å². The maximum Gasteiger partial charge on any atom is 0.262 e. The van der Waals surface area contributed by atoms with Gasteiger partial charge in [-0.1, -0.05) is 48.5 Å². The van der Waals surface area contributed by atoms with Gasteiger partial charge in [0, 0.05) is 10.6 Å². The molecule has 2 aromatic heterocycles.